The molecule has 19 heavy (non-hydrogen) atoms. The predicted molar refractivity (Wildman–Crippen MR) is 81.0 cm³/mol. The topological polar surface area (TPSA) is 28.2 Å². The van der Waals surface area contributed by atoms with E-state index in [1.807, 2.05) is 6.20 Å². The Kier molecular flexibility index (Phi) is 4.51. The minimum Gasteiger partial charge on any atom is -0.312 e. The molecule has 3 nitrogen and oxygen atoms in total. The highest BCUT2D eigenvalue weighted by molar-refractivity contribution is 9.10. The number of pyridine rings is 1. The van der Waals surface area contributed by atoms with Crippen LogP contribution in [0.25, 0.3) is 0 Å². The molecule has 104 valence electrons. The van der Waals surface area contributed by atoms with Gasteiger partial charge in [0.15, 0.2) is 0 Å². The highest BCUT2D eigenvalue weighted by atomic mass is 79.9. The first kappa shape index (κ1) is 13.5. The molecule has 0 spiro atoms. The highest BCUT2D eigenvalue weighted by Crippen LogP contribution is 2.25. The molecule has 2 atom stereocenters. The van der Waals surface area contributed by atoms with Crippen molar-refractivity contribution >= 4 is 15.9 Å². The summed E-state index contributed by atoms with van der Waals surface area (Å²) in [6.45, 7) is 3.42. The lowest BCUT2D eigenvalue weighted by Gasteiger charge is -2.39. The molecule has 0 aromatic carbocycles. The summed E-state index contributed by atoms with van der Waals surface area (Å²) in [5, 5.41) is 3.68. The largest absolute Gasteiger partial charge is 0.312 e. The van der Waals surface area contributed by atoms with Gasteiger partial charge in [-0.25, -0.2) is 0 Å². The van der Waals surface area contributed by atoms with E-state index in [1.54, 1.807) is 0 Å². The molecule has 1 N–H and O–H groups in total. The molecular weight excluding hydrogens is 302 g/mol. The van der Waals surface area contributed by atoms with Gasteiger partial charge in [0.05, 0.1) is 5.69 Å². The van der Waals surface area contributed by atoms with Crippen LogP contribution < -0.4 is 5.32 Å². The van der Waals surface area contributed by atoms with Crippen LogP contribution in [-0.4, -0.2) is 35.1 Å². The van der Waals surface area contributed by atoms with E-state index in [0.717, 1.165) is 11.0 Å². The second kappa shape index (κ2) is 6.33. The first-order valence-corrected chi connectivity index (χ1v) is 8.20. The Bertz CT molecular complexity index is 400. The third-order valence-corrected chi connectivity index (χ3v) is 4.85. The minimum atomic E-state index is 0.704. The maximum Gasteiger partial charge on any atom is 0.0544 e. The van der Waals surface area contributed by atoms with Gasteiger partial charge in [0.1, 0.15) is 0 Å². The Morgan fingerprint density at radius 3 is 2.95 bits per heavy atom. The number of piperidine rings is 1. The first-order valence-electron chi connectivity index (χ1n) is 7.41. The van der Waals surface area contributed by atoms with Gasteiger partial charge in [-0.3, -0.25) is 9.88 Å². The van der Waals surface area contributed by atoms with E-state index in [0.29, 0.717) is 12.1 Å². The summed E-state index contributed by atoms with van der Waals surface area (Å²) in [4.78, 5) is 7.17. The van der Waals surface area contributed by atoms with Crippen molar-refractivity contribution in [1.82, 2.24) is 15.2 Å². The molecule has 3 rings (SSSR count). The Morgan fingerprint density at radius 1 is 1.26 bits per heavy atom. The van der Waals surface area contributed by atoms with Crippen LogP contribution >= 0.6 is 15.9 Å². The Balaban J connectivity index is 1.67. The van der Waals surface area contributed by atoms with Crippen molar-refractivity contribution < 1.29 is 0 Å². The number of nitrogens with one attached hydrogen (secondary N) is 1. The fourth-order valence-electron chi connectivity index (χ4n) is 3.42. The average molecular weight is 324 g/mol. The number of likely N-dealkylation sites (tertiary alicyclic amines) is 1. The number of halogens is 1. The van der Waals surface area contributed by atoms with Gasteiger partial charge in [-0.05, 0) is 66.8 Å². The van der Waals surface area contributed by atoms with E-state index < -0.39 is 0 Å². The van der Waals surface area contributed by atoms with Crippen molar-refractivity contribution in [2.45, 2.75) is 50.7 Å². The quantitative estimate of drug-likeness (QED) is 0.927. The smallest absolute Gasteiger partial charge is 0.0544 e. The van der Waals surface area contributed by atoms with Crippen molar-refractivity contribution in [2.24, 2.45) is 0 Å². The molecule has 0 radical (unpaired) electrons. The fraction of sp³-hybridized carbons (Fsp3) is 0.667. The molecule has 4 heteroatoms. The number of hydrogen-bond donors (Lipinski definition) is 1. The summed E-state index contributed by atoms with van der Waals surface area (Å²) in [7, 11) is 0. The van der Waals surface area contributed by atoms with Crippen molar-refractivity contribution in [2.75, 3.05) is 13.1 Å². The summed E-state index contributed by atoms with van der Waals surface area (Å²) in [6, 6.07) is 5.64. The zero-order valence-corrected chi connectivity index (χ0v) is 12.9. The zero-order valence-electron chi connectivity index (χ0n) is 11.3. The third-order valence-electron chi connectivity index (χ3n) is 4.38. The molecule has 1 aromatic heterocycles. The molecular formula is C15H22BrN3. The highest BCUT2D eigenvalue weighted by Gasteiger charge is 2.31. The van der Waals surface area contributed by atoms with E-state index in [1.165, 1.54) is 50.9 Å². The van der Waals surface area contributed by atoms with Crippen LogP contribution in [0.1, 0.15) is 37.8 Å². The summed E-state index contributed by atoms with van der Waals surface area (Å²) >= 11 is 3.45. The van der Waals surface area contributed by atoms with Crippen molar-refractivity contribution in [3.05, 3.63) is 28.5 Å². The molecule has 0 aliphatic carbocycles. The molecule has 2 aliphatic heterocycles. The lowest BCUT2D eigenvalue weighted by atomic mass is 9.94. The second-order valence-corrected chi connectivity index (χ2v) is 6.62. The van der Waals surface area contributed by atoms with E-state index in [9.17, 15) is 0 Å². The van der Waals surface area contributed by atoms with Gasteiger partial charge in [0, 0.05) is 29.3 Å². The van der Waals surface area contributed by atoms with Gasteiger partial charge in [0.2, 0.25) is 0 Å². The first-order chi connectivity index (χ1) is 9.33. The third kappa shape index (κ3) is 3.36. The average Bonchev–Trinajstić information content (AvgIpc) is 2.96. The monoisotopic (exact) mass is 323 g/mol. The lowest BCUT2D eigenvalue weighted by Crippen LogP contribution is -2.49. The molecule has 0 saturated carbocycles. The van der Waals surface area contributed by atoms with Crippen molar-refractivity contribution in [1.29, 1.82) is 0 Å². The lowest BCUT2D eigenvalue weighted by molar-refractivity contribution is 0.111. The summed E-state index contributed by atoms with van der Waals surface area (Å²) in [5.41, 5.74) is 1.19. The molecule has 2 saturated heterocycles. The Morgan fingerprint density at radius 2 is 2.21 bits per heavy atom. The molecule has 3 heterocycles. The van der Waals surface area contributed by atoms with Crippen LogP contribution in [0.15, 0.2) is 22.8 Å². The Hall–Kier alpha value is -0.450. The number of nitrogens with zero attached hydrogens (tertiary/aromatic N) is 2. The van der Waals surface area contributed by atoms with Gasteiger partial charge >= 0.3 is 0 Å². The number of aromatic nitrogens is 1. The van der Waals surface area contributed by atoms with Crippen LogP contribution in [0.5, 0.6) is 0 Å². The van der Waals surface area contributed by atoms with Gasteiger partial charge in [0.25, 0.3) is 0 Å². The van der Waals surface area contributed by atoms with Gasteiger partial charge < -0.3 is 5.32 Å². The number of rotatable bonds is 3. The normalized spacial score (nSPS) is 28.7. The van der Waals surface area contributed by atoms with Gasteiger partial charge in [-0.1, -0.05) is 6.42 Å². The van der Waals surface area contributed by atoms with Crippen LogP contribution in [-0.2, 0) is 6.54 Å². The number of hydrogen-bond acceptors (Lipinski definition) is 3. The van der Waals surface area contributed by atoms with E-state index in [2.05, 4.69) is 43.3 Å². The molecule has 0 bridgehead atoms. The Labute approximate surface area is 123 Å². The molecule has 2 aliphatic rings. The summed E-state index contributed by atoms with van der Waals surface area (Å²) in [5.74, 6) is 0. The van der Waals surface area contributed by atoms with E-state index in [4.69, 9.17) is 0 Å². The summed E-state index contributed by atoms with van der Waals surface area (Å²) < 4.78 is 1.06. The standard InChI is InChI=1S/C15H22BrN3/c16-12-6-7-13(18-10-12)11-19-9-2-1-5-15(19)14-4-3-8-17-14/h6-7,10,14-15,17H,1-5,8-9,11H2. The fourth-order valence-corrected chi connectivity index (χ4v) is 3.65. The minimum absolute atomic E-state index is 0.704. The molecule has 1 aromatic rings. The SMILES string of the molecule is Brc1ccc(CN2CCCCC2C2CCCN2)nc1. The maximum absolute atomic E-state index is 4.52. The van der Waals surface area contributed by atoms with Crippen LogP contribution in [0, 0.1) is 0 Å². The zero-order chi connectivity index (χ0) is 13.1. The summed E-state index contributed by atoms with van der Waals surface area (Å²) in [6.07, 6.45) is 8.64. The predicted octanol–water partition coefficient (Wildman–Crippen LogP) is 2.95. The van der Waals surface area contributed by atoms with Crippen LogP contribution in [0.2, 0.25) is 0 Å². The molecule has 2 unspecified atom stereocenters. The van der Waals surface area contributed by atoms with Crippen molar-refractivity contribution in [3.8, 4) is 0 Å². The van der Waals surface area contributed by atoms with Crippen LogP contribution in [0.4, 0.5) is 0 Å². The van der Waals surface area contributed by atoms with E-state index >= 15 is 0 Å². The molecule has 0 amide bonds. The van der Waals surface area contributed by atoms with Crippen LogP contribution in [0.3, 0.4) is 0 Å². The second-order valence-electron chi connectivity index (χ2n) is 5.70. The van der Waals surface area contributed by atoms with Gasteiger partial charge in [-0.2, -0.15) is 0 Å². The van der Waals surface area contributed by atoms with Crippen molar-refractivity contribution in [3.63, 3.8) is 0 Å². The van der Waals surface area contributed by atoms with Gasteiger partial charge in [-0.15, -0.1) is 0 Å². The maximum atomic E-state index is 4.52. The van der Waals surface area contributed by atoms with E-state index in [-0.39, 0.29) is 0 Å². The molecule has 2 fully saturated rings.